The number of carbonyl (C=O) groups excluding carboxylic acids is 1. The number of hydrogen-bond acceptors (Lipinski definition) is 3. The number of halogens is 1. The second kappa shape index (κ2) is 6.14. The molecule has 0 radical (unpaired) electrons. The Morgan fingerprint density at radius 1 is 1.30 bits per heavy atom. The topological polar surface area (TPSA) is 83.8 Å². The van der Waals surface area contributed by atoms with E-state index in [-0.39, 0.29) is 18.3 Å². The molecule has 2 aliphatic rings. The first-order valence-corrected chi connectivity index (χ1v) is 7.33. The molecule has 0 atom stereocenters. The molecule has 1 aromatic rings. The minimum Gasteiger partial charge on any atom is -0.317 e. The van der Waals surface area contributed by atoms with E-state index >= 15 is 0 Å². The van der Waals surface area contributed by atoms with Gasteiger partial charge >= 0.3 is 0 Å². The summed E-state index contributed by atoms with van der Waals surface area (Å²) in [5.74, 6) is 1.07. The van der Waals surface area contributed by atoms with Gasteiger partial charge in [0.15, 0.2) is 5.82 Å². The summed E-state index contributed by atoms with van der Waals surface area (Å²) in [7, 11) is 0. The third-order valence-corrected chi connectivity index (χ3v) is 4.38. The molecular weight excluding hydrogens is 276 g/mol. The molecule has 0 bridgehead atoms. The summed E-state index contributed by atoms with van der Waals surface area (Å²) in [4.78, 5) is 11.8. The number of rotatable bonds is 3. The van der Waals surface area contributed by atoms with E-state index < -0.39 is 5.54 Å². The van der Waals surface area contributed by atoms with Crippen LogP contribution in [0.15, 0.2) is 6.07 Å². The molecule has 0 spiro atoms. The van der Waals surface area contributed by atoms with Gasteiger partial charge in [-0.2, -0.15) is 5.10 Å². The SMILES string of the molecule is Cl.NC1(C(=O)Nc2cc(C3CCCCCC3)[nH]n2)CC1. The van der Waals surface area contributed by atoms with Crippen LogP contribution in [0.3, 0.4) is 0 Å². The van der Waals surface area contributed by atoms with Crippen LogP contribution in [0.2, 0.25) is 0 Å². The van der Waals surface area contributed by atoms with Crippen LogP contribution in [0.5, 0.6) is 0 Å². The molecule has 1 heterocycles. The van der Waals surface area contributed by atoms with Gasteiger partial charge in [0.25, 0.3) is 0 Å². The molecule has 2 fully saturated rings. The maximum atomic E-state index is 11.8. The molecule has 6 heteroatoms. The Hall–Kier alpha value is -1.07. The number of carbonyl (C=O) groups is 1. The van der Waals surface area contributed by atoms with Crippen LogP contribution in [0.25, 0.3) is 0 Å². The standard InChI is InChI=1S/C14H22N4O.ClH/c15-14(7-8-14)13(19)16-12-9-11(17-18-12)10-5-3-1-2-4-6-10;/h9-10H,1-8,15H2,(H2,16,17,18,19);1H. The molecule has 2 saturated carbocycles. The van der Waals surface area contributed by atoms with E-state index in [1.807, 2.05) is 6.07 Å². The van der Waals surface area contributed by atoms with E-state index in [9.17, 15) is 4.79 Å². The lowest BCUT2D eigenvalue weighted by molar-refractivity contribution is -0.118. The van der Waals surface area contributed by atoms with Crippen LogP contribution in [0.4, 0.5) is 5.82 Å². The van der Waals surface area contributed by atoms with E-state index in [1.54, 1.807) is 0 Å². The maximum Gasteiger partial charge on any atom is 0.245 e. The lowest BCUT2D eigenvalue weighted by Crippen LogP contribution is -2.37. The lowest BCUT2D eigenvalue weighted by Gasteiger charge is -2.10. The number of nitrogens with two attached hydrogens (primary N) is 1. The third-order valence-electron chi connectivity index (χ3n) is 4.38. The van der Waals surface area contributed by atoms with Gasteiger partial charge in [0.1, 0.15) is 0 Å². The Kier molecular flexibility index (Phi) is 4.70. The molecule has 112 valence electrons. The number of amides is 1. The number of H-pyrrole nitrogens is 1. The predicted molar refractivity (Wildman–Crippen MR) is 81.1 cm³/mol. The average Bonchev–Trinajstić information content (AvgIpc) is 3.08. The van der Waals surface area contributed by atoms with Gasteiger partial charge in [-0.3, -0.25) is 9.89 Å². The first-order chi connectivity index (χ1) is 9.17. The second-order valence-electron chi connectivity index (χ2n) is 6.01. The van der Waals surface area contributed by atoms with Crippen molar-refractivity contribution in [2.45, 2.75) is 62.8 Å². The lowest BCUT2D eigenvalue weighted by atomic mass is 9.97. The monoisotopic (exact) mass is 298 g/mol. The van der Waals surface area contributed by atoms with Crippen molar-refractivity contribution in [2.24, 2.45) is 5.73 Å². The molecule has 3 rings (SSSR count). The van der Waals surface area contributed by atoms with Crippen LogP contribution < -0.4 is 11.1 Å². The van der Waals surface area contributed by atoms with E-state index in [0.717, 1.165) is 18.5 Å². The van der Waals surface area contributed by atoms with Gasteiger partial charge in [-0.05, 0) is 25.7 Å². The van der Waals surface area contributed by atoms with Crippen LogP contribution in [0.1, 0.15) is 63.0 Å². The van der Waals surface area contributed by atoms with Crippen molar-refractivity contribution >= 4 is 24.1 Å². The van der Waals surface area contributed by atoms with E-state index in [1.165, 1.54) is 38.5 Å². The molecular formula is C14H23ClN4O. The quantitative estimate of drug-likeness (QED) is 0.750. The summed E-state index contributed by atoms with van der Waals surface area (Å²) in [6, 6.07) is 1.97. The minimum atomic E-state index is -0.637. The first kappa shape index (κ1) is 15.3. The first-order valence-electron chi connectivity index (χ1n) is 7.33. The highest BCUT2D eigenvalue weighted by atomic mass is 35.5. The zero-order valence-electron chi connectivity index (χ0n) is 11.7. The Balaban J connectivity index is 0.00000147. The van der Waals surface area contributed by atoms with Gasteiger partial charge in [-0.25, -0.2) is 0 Å². The summed E-state index contributed by atoms with van der Waals surface area (Å²) in [6.07, 6.45) is 9.24. The fraction of sp³-hybridized carbons (Fsp3) is 0.714. The van der Waals surface area contributed by atoms with E-state index in [0.29, 0.717) is 11.7 Å². The Labute approximate surface area is 125 Å². The van der Waals surface area contributed by atoms with Crippen molar-refractivity contribution in [3.8, 4) is 0 Å². The van der Waals surface area contributed by atoms with E-state index in [2.05, 4.69) is 15.5 Å². The van der Waals surface area contributed by atoms with Gasteiger partial charge in [-0.1, -0.05) is 25.7 Å². The Morgan fingerprint density at radius 2 is 1.95 bits per heavy atom. The largest absolute Gasteiger partial charge is 0.317 e. The third kappa shape index (κ3) is 3.33. The van der Waals surface area contributed by atoms with Crippen molar-refractivity contribution < 1.29 is 4.79 Å². The summed E-state index contributed by atoms with van der Waals surface area (Å²) < 4.78 is 0. The van der Waals surface area contributed by atoms with Crippen LogP contribution >= 0.6 is 12.4 Å². The summed E-state index contributed by atoms with van der Waals surface area (Å²) in [6.45, 7) is 0. The van der Waals surface area contributed by atoms with Gasteiger partial charge in [0.2, 0.25) is 5.91 Å². The summed E-state index contributed by atoms with van der Waals surface area (Å²) in [5.41, 5.74) is 6.37. The summed E-state index contributed by atoms with van der Waals surface area (Å²) in [5, 5.41) is 10.1. The van der Waals surface area contributed by atoms with Crippen molar-refractivity contribution in [2.75, 3.05) is 5.32 Å². The van der Waals surface area contributed by atoms with Crippen molar-refractivity contribution in [3.05, 3.63) is 11.8 Å². The molecule has 0 saturated heterocycles. The van der Waals surface area contributed by atoms with Crippen molar-refractivity contribution in [3.63, 3.8) is 0 Å². The van der Waals surface area contributed by atoms with Gasteiger partial charge < -0.3 is 11.1 Å². The van der Waals surface area contributed by atoms with Crippen LogP contribution in [-0.2, 0) is 4.79 Å². The fourth-order valence-corrected chi connectivity index (χ4v) is 2.80. The fourth-order valence-electron chi connectivity index (χ4n) is 2.80. The molecule has 0 aromatic carbocycles. The zero-order chi connectivity index (χ0) is 13.3. The number of aromatic nitrogens is 2. The molecule has 1 amide bonds. The number of nitrogens with one attached hydrogen (secondary N) is 2. The molecule has 4 N–H and O–H groups in total. The molecule has 1 aromatic heterocycles. The van der Waals surface area contributed by atoms with Crippen molar-refractivity contribution in [1.29, 1.82) is 0 Å². The normalized spacial score (nSPS) is 21.6. The molecule has 2 aliphatic carbocycles. The Morgan fingerprint density at radius 3 is 2.55 bits per heavy atom. The summed E-state index contributed by atoms with van der Waals surface area (Å²) >= 11 is 0. The molecule has 5 nitrogen and oxygen atoms in total. The molecule has 20 heavy (non-hydrogen) atoms. The highest BCUT2D eigenvalue weighted by Crippen LogP contribution is 2.34. The molecule has 0 aliphatic heterocycles. The number of nitrogens with zero attached hydrogens (tertiary/aromatic N) is 1. The number of hydrogen-bond donors (Lipinski definition) is 3. The van der Waals surface area contributed by atoms with Gasteiger partial charge in [0.05, 0.1) is 5.54 Å². The van der Waals surface area contributed by atoms with Crippen LogP contribution in [0, 0.1) is 0 Å². The smallest absolute Gasteiger partial charge is 0.245 e. The minimum absolute atomic E-state index is 0. The predicted octanol–water partition coefficient (Wildman–Crippen LogP) is 2.70. The van der Waals surface area contributed by atoms with Crippen molar-refractivity contribution in [1.82, 2.24) is 10.2 Å². The highest BCUT2D eigenvalue weighted by Gasteiger charge is 2.46. The average molecular weight is 299 g/mol. The van der Waals surface area contributed by atoms with E-state index in [4.69, 9.17) is 5.73 Å². The van der Waals surface area contributed by atoms with Gasteiger partial charge in [-0.15, -0.1) is 12.4 Å². The van der Waals surface area contributed by atoms with Gasteiger partial charge in [0, 0.05) is 17.7 Å². The number of anilines is 1. The maximum absolute atomic E-state index is 11.8. The zero-order valence-corrected chi connectivity index (χ0v) is 12.5. The molecule has 0 unspecified atom stereocenters. The highest BCUT2D eigenvalue weighted by molar-refractivity contribution is 5.99. The number of aromatic amines is 1. The van der Waals surface area contributed by atoms with Crippen LogP contribution in [-0.4, -0.2) is 21.6 Å². The second-order valence-corrected chi connectivity index (χ2v) is 6.01. The Bertz CT molecular complexity index is 461.